The first-order valence-corrected chi connectivity index (χ1v) is 6.69. The first kappa shape index (κ1) is 13.8. The van der Waals surface area contributed by atoms with E-state index in [-0.39, 0.29) is 0 Å². The second kappa shape index (κ2) is 7.10. The summed E-state index contributed by atoms with van der Waals surface area (Å²) in [5, 5.41) is 4.11. The lowest BCUT2D eigenvalue weighted by Crippen LogP contribution is -2.15. The average Bonchev–Trinajstić information content (AvgIpc) is 2.28. The molecule has 1 N–H and O–H groups in total. The Balaban J connectivity index is 2.89. The van der Waals surface area contributed by atoms with Crippen molar-refractivity contribution in [3.05, 3.63) is 38.8 Å². The van der Waals surface area contributed by atoms with E-state index >= 15 is 0 Å². The number of rotatable bonds is 5. The SMILES string of the molecule is CCNCC(=Cc1cc(Cl)ccc1Br)CC. The molecule has 0 saturated heterocycles. The number of benzene rings is 1. The molecule has 1 aromatic carbocycles. The molecule has 0 heterocycles. The van der Waals surface area contributed by atoms with E-state index in [1.165, 1.54) is 5.57 Å². The Morgan fingerprint density at radius 2 is 2.19 bits per heavy atom. The summed E-state index contributed by atoms with van der Waals surface area (Å²) in [7, 11) is 0. The molecule has 0 saturated carbocycles. The van der Waals surface area contributed by atoms with Gasteiger partial charge in [0.15, 0.2) is 0 Å². The molecule has 0 spiro atoms. The lowest BCUT2D eigenvalue weighted by atomic mass is 10.1. The van der Waals surface area contributed by atoms with Gasteiger partial charge in [0.2, 0.25) is 0 Å². The topological polar surface area (TPSA) is 12.0 Å². The summed E-state index contributed by atoms with van der Waals surface area (Å²) in [6.45, 7) is 6.21. The maximum absolute atomic E-state index is 5.98. The van der Waals surface area contributed by atoms with Gasteiger partial charge in [0.25, 0.3) is 0 Å². The van der Waals surface area contributed by atoms with Gasteiger partial charge in [0.05, 0.1) is 0 Å². The number of nitrogens with one attached hydrogen (secondary N) is 1. The van der Waals surface area contributed by atoms with E-state index in [4.69, 9.17) is 11.6 Å². The Morgan fingerprint density at radius 1 is 1.44 bits per heavy atom. The summed E-state index contributed by atoms with van der Waals surface area (Å²) in [5.74, 6) is 0. The summed E-state index contributed by atoms with van der Waals surface area (Å²) < 4.78 is 1.08. The second-order valence-electron chi connectivity index (χ2n) is 3.60. The normalized spacial score (nSPS) is 11.9. The third-order valence-electron chi connectivity index (χ3n) is 2.37. The highest BCUT2D eigenvalue weighted by Crippen LogP contribution is 2.23. The summed E-state index contributed by atoms with van der Waals surface area (Å²) in [5.41, 5.74) is 2.52. The molecule has 0 aliphatic heterocycles. The highest BCUT2D eigenvalue weighted by atomic mass is 79.9. The lowest BCUT2D eigenvalue weighted by Gasteiger charge is -2.07. The minimum atomic E-state index is 0.772. The van der Waals surface area contributed by atoms with Gasteiger partial charge in [-0.25, -0.2) is 0 Å². The summed E-state index contributed by atoms with van der Waals surface area (Å²) in [4.78, 5) is 0. The maximum atomic E-state index is 5.98. The zero-order valence-electron chi connectivity index (χ0n) is 9.69. The first-order valence-electron chi connectivity index (χ1n) is 5.52. The van der Waals surface area contributed by atoms with Gasteiger partial charge in [-0.3, -0.25) is 0 Å². The van der Waals surface area contributed by atoms with E-state index < -0.39 is 0 Å². The standard InChI is InChI=1S/C13H17BrClN/c1-3-10(9-16-4-2)7-11-8-12(15)5-6-13(11)14/h5-8,16H,3-4,9H2,1-2H3. The molecule has 0 unspecified atom stereocenters. The fourth-order valence-electron chi connectivity index (χ4n) is 1.41. The number of likely N-dealkylation sites (N-methyl/N-ethyl adjacent to an activating group) is 1. The number of halogens is 2. The zero-order valence-corrected chi connectivity index (χ0v) is 12.0. The van der Waals surface area contributed by atoms with Gasteiger partial charge in [-0.2, -0.15) is 0 Å². The minimum absolute atomic E-state index is 0.772. The van der Waals surface area contributed by atoms with Gasteiger partial charge in [-0.1, -0.05) is 53.0 Å². The zero-order chi connectivity index (χ0) is 12.0. The molecule has 1 rings (SSSR count). The van der Waals surface area contributed by atoms with Crippen LogP contribution in [0, 0.1) is 0 Å². The molecular weight excluding hydrogens is 286 g/mol. The third kappa shape index (κ3) is 4.28. The van der Waals surface area contributed by atoms with Crippen LogP contribution in [-0.2, 0) is 0 Å². The van der Waals surface area contributed by atoms with Crippen molar-refractivity contribution in [1.82, 2.24) is 5.32 Å². The minimum Gasteiger partial charge on any atom is -0.313 e. The van der Waals surface area contributed by atoms with Gasteiger partial charge < -0.3 is 5.32 Å². The van der Waals surface area contributed by atoms with Crippen LogP contribution in [0.15, 0.2) is 28.2 Å². The van der Waals surface area contributed by atoms with Crippen molar-refractivity contribution in [1.29, 1.82) is 0 Å². The molecule has 88 valence electrons. The van der Waals surface area contributed by atoms with E-state index in [9.17, 15) is 0 Å². The monoisotopic (exact) mass is 301 g/mol. The Labute approximate surface area is 111 Å². The predicted octanol–water partition coefficient (Wildman–Crippen LogP) is 4.51. The van der Waals surface area contributed by atoms with Gasteiger partial charge in [0, 0.05) is 16.0 Å². The van der Waals surface area contributed by atoms with E-state index in [2.05, 4.69) is 41.2 Å². The van der Waals surface area contributed by atoms with Gasteiger partial charge >= 0.3 is 0 Å². The molecule has 0 amide bonds. The van der Waals surface area contributed by atoms with Crippen LogP contribution in [0.1, 0.15) is 25.8 Å². The van der Waals surface area contributed by atoms with Crippen LogP contribution in [-0.4, -0.2) is 13.1 Å². The fraction of sp³-hybridized carbons (Fsp3) is 0.385. The summed E-state index contributed by atoms with van der Waals surface area (Å²) in [6.07, 6.45) is 3.24. The van der Waals surface area contributed by atoms with Crippen LogP contribution in [0.25, 0.3) is 6.08 Å². The Kier molecular flexibility index (Phi) is 6.10. The van der Waals surface area contributed by atoms with Crippen molar-refractivity contribution >= 4 is 33.6 Å². The molecule has 16 heavy (non-hydrogen) atoms. The van der Waals surface area contributed by atoms with Gasteiger partial charge in [0.1, 0.15) is 0 Å². The second-order valence-corrected chi connectivity index (χ2v) is 4.89. The molecule has 0 aliphatic carbocycles. The molecular formula is C13H17BrClN. The predicted molar refractivity (Wildman–Crippen MR) is 76.0 cm³/mol. The highest BCUT2D eigenvalue weighted by molar-refractivity contribution is 9.10. The highest BCUT2D eigenvalue weighted by Gasteiger charge is 2.00. The van der Waals surface area contributed by atoms with E-state index in [1.807, 2.05) is 18.2 Å². The van der Waals surface area contributed by atoms with E-state index in [1.54, 1.807) is 0 Å². The Hall–Kier alpha value is -0.310. The smallest absolute Gasteiger partial charge is 0.0412 e. The Bertz CT molecular complexity index is 374. The van der Waals surface area contributed by atoms with Crippen LogP contribution < -0.4 is 5.32 Å². The van der Waals surface area contributed by atoms with Gasteiger partial charge in [-0.15, -0.1) is 0 Å². The Morgan fingerprint density at radius 3 is 2.81 bits per heavy atom. The summed E-state index contributed by atoms with van der Waals surface area (Å²) in [6, 6.07) is 5.85. The average molecular weight is 303 g/mol. The van der Waals surface area contributed by atoms with Crippen molar-refractivity contribution in [2.45, 2.75) is 20.3 Å². The van der Waals surface area contributed by atoms with Crippen LogP contribution in [0.5, 0.6) is 0 Å². The molecule has 0 bridgehead atoms. The van der Waals surface area contributed by atoms with E-state index in [0.717, 1.165) is 34.6 Å². The van der Waals surface area contributed by atoms with Crippen LogP contribution in [0.2, 0.25) is 5.02 Å². The number of hydrogen-bond donors (Lipinski definition) is 1. The van der Waals surface area contributed by atoms with Crippen LogP contribution in [0.3, 0.4) is 0 Å². The van der Waals surface area contributed by atoms with E-state index in [0.29, 0.717) is 0 Å². The molecule has 3 heteroatoms. The number of hydrogen-bond acceptors (Lipinski definition) is 1. The first-order chi connectivity index (χ1) is 7.67. The van der Waals surface area contributed by atoms with Crippen molar-refractivity contribution in [2.75, 3.05) is 13.1 Å². The lowest BCUT2D eigenvalue weighted by molar-refractivity contribution is 0.762. The molecule has 1 nitrogen and oxygen atoms in total. The molecule has 0 radical (unpaired) electrons. The van der Waals surface area contributed by atoms with Crippen LogP contribution in [0.4, 0.5) is 0 Å². The van der Waals surface area contributed by atoms with Crippen molar-refractivity contribution in [2.24, 2.45) is 0 Å². The quantitative estimate of drug-likeness (QED) is 0.844. The van der Waals surface area contributed by atoms with Crippen molar-refractivity contribution in [3.8, 4) is 0 Å². The maximum Gasteiger partial charge on any atom is 0.0412 e. The van der Waals surface area contributed by atoms with Gasteiger partial charge in [-0.05, 0) is 36.7 Å². The largest absolute Gasteiger partial charge is 0.313 e. The summed E-state index contributed by atoms with van der Waals surface area (Å²) >= 11 is 9.51. The van der Waals surface area contributed by atoms with Crippen molar-refractivity contribution < 1.29 is 0 Å². The third-order valence-corrected chi connectivity index (χ3v) is 3.33. The molecule has 1 aromatic rings. The van der Waals surface area contributed by atoms with Crippen molar-refractivity contribution in [3.63, 3.8) is 0 Å². The fourth-order valence-corrected chi connectivity index (χ4v) is 1.95. The molecule has 0 atom stereocenters. The van der Waals surface area contributed by atoms with Crippen LogP contribution >= 0.6 is 27.5 Å². The molecule has 0 aliphatic rings. The molecule has 0 aromatic heterocycles. The molecule has 0 fully saturated rings.